The number of rotatable bonds is 7. The topological polar surface area (TPSA) is 21.3 Å². The van der Waals surface area contributed by atoms with Crippen molar-refractivity contribution in [2.24, 2.45) is 0 Å². The zero-order valence-electron chi connectivity index (χ0n) is 13.0. The minimum absolute atomic E-state index is 0.557. The highest BCUT2D eigenvalue weighted by molar-refractivity contribution is 6.37. The highest BCUT2D eigenvalue weighted by atomic mass is 35.5. The Morgan fingerprint density at radius 2 is 1.73 bits per heavy atom. The fourth-order valence-corrected chi connectivity index (χ4v) is 2.90. The molecule has 0 spiro atoms. The zero-order valence-corrected chi connectivity index (χ0v) is 14.5. The Kier molecular flexibility index (Phi) is 6.41. The van der Waals surface area contributed by atoms with Crippen LogP contribution in [0.2, 0.25) is 10.0 Å². The maximum absolute atomic E-state index is 6.27. The fourth-order valence-electron chi connectivity index (χ4n) is 2.25. The van der Waals surface area contributed by atoms with E-state index in [-0.39, 0.29) is 0 Å². The molecule has 0 unspecified atom stereocenters. The van der Waals surface area contributed by atoms with E-state index < -0.39 is 0 Å². The predicted octanol–water partition coefficient (Wildman–Crippen LogP) is 5.96. The molecule has 0 atom stereocenters. The summed E-state index contributed by atoms with van der Waals surface area (Å²) in [7, 11) is 0. The van der Waals surface area contributed by atoms with Gasteiger partial charge in [-0.05, 0) is 42.2 Å². The van der Waals surface area contributed by atoms with Gasteiger partial charge < -0.3 is 10.1 Å². The van der Waals surface area contributed by atoms with Crippen LogP contribution >= 0.6 is 23.2 Å². The van der Waals surface area contributed by atoms with Gasteiger partial charge in [0.25, 0.3) is 0 Å². The smallest absolute Gasteiger partial charge is 0.156 e. The Morgan fingerprint density at radius 3 is 2.36 bits per heavy atom. The SMILES string of the molecule is CCCOc1c(Cl)cc(CNc2ccccc2CC)cc1Cl. The molecule has 2 nitrogen and oxygen atoms in total. The number of hydrogen-bond donors (Lipinski definition) is 1. The van der Waals surface area contributed by atoms with Gasteiger partial charge in [-0.1, -0.05) is 55.2 Å². The third-order valence-electron chi connectivity index (χ3n) is 3.39. The van der Waals surface area contributed by atoms with Crippen LogP contribution in [0, 0.1) is 0 Å². The second kappa shape index (κ2) is 8.30. The lowest BCUT2D eigenvalue weighted by Crippen LogP contribution is -2.03. The fraction of sp³-hybridized carbons (Fsp3) is 0.333. The second-order valence-electron chi connectivity index (χ2n) is 5.10. The first-order chi connectivity index (χ1) is 10.7. The maximum Gasteiger partial charge on any atom is 0.156 e. The number of ether oxygens (including phenoxy) is 1. The molecule has 2 aromatic carbocycles. The molecule has 2 rings (SSSR count). The van der Waals surface area contributed by atoms with E-state index in [2.05, 4.69) is 30.4 Å². The summed E-state index contributed by atoms with van der Waals surface area (Å²) in [4.78, 5) is 0. The van der Waals surface area contributed by atoms with Gasteiger partial charge in [0.2, 0.25) is 0 Å². The Bertz CT molecular complexity index is 605. The minimum Gasteiger partial charge on any atom is -0.490 e. The van der Waals surface area contributed by atoms with Gasteiger partial charge >= 0.3 is 0 Å². The van der Waals surface area contributed by atoms with Crippen molar-refractivity contribution in [3.8, 4) is 5.75 Å². The lowest BCUT2D eigenvalue weighted by molar-refractivity contribution is 0.318. The molecule has 0 aromatic heterocycles. The third kappa shape index (κ3) is 4.31. The van der Waals surface area contributed by atoms with Crippen LogP contribution in [-0.4, -0.2) is 6.61 Å². The lowest BCUT2D eigenvalue weighted by atomic mass is 10.1. The predicted molar refractivity (Wildman–Crippen MR) is 95.4 cm³/mol. The van der Waals surface area contributed by atoms with Crippen molar-refractivity contribution < 1.29 is 4.74 Å². The molecular weight excluding hydrogens is 317 g/mol. The van der Waals surface area contributed by atoms with Gasteiger partial charge in [-0.15, -0.1) is 0 Å². The van der Waals surface area contributed by atoms with Crippen molar-refractivity contribution in [3.05, 3.63) is 57.6 Å². The van der Waals surface area contributed by atoms with E-state index in [4.69, 9.17) is 27.9 Å². The summed E-state index contributed by atoms with van der Waals surface area (Å²) < 4.78 is 5.59. The van der Waals surface area contributed by atoms with Crippen molar-refractivity contribution in [1.82, 2.24) is 0 Å². The van der Waals surface area contributed by atoms with Crippen molar-refractivity contribution in [3.63, 3.8) is 0 Å². The van der Waals surface area contributed by atoms with Gasteiger partial charge in [-0.3, -0.25) is 0 Å². The van der Waals surface area contributed by atoms with E-state index in [1.165, 1.54) is 5.56 Å². The zero-order chi connectivity index (χ0) is 15.9. The molecule has 0 aliphatic carbocycles. The van der Waals surface area contributed by atoms with Gasteiger partial charge in [0, 0.05) is 12.2 Å². The largest absolute Gasteiger partial charge is 0.490 e. The van der Waals surface area contributed by atoms with Crippen molar-refractivity contribution >= 4 is 28.9 Å². The van der Waals surface area contributed by atoms with Crippen molar-refractivity contribution in [1.29, 1.82) is 0 Å². The normalized spacial score (nSPS) is 10.5. The third-order valence-corrected chi connectivity index (χ3v) is 3.95. The monoisotopic (exact) mass is 337 g/mol. The van der Waals surface area contributed by atoms with Crippen LogP contribution in [0.3, 0.4) is 0 Å². The number of aryl methyl sites for hydroxylation is 1. The number of halogens is 2. The summed E-state index contributed by atoms with van der Waals surface area (Å²) in [6, 6.07) is 12.1. The Labute approximate surface area is 142 Å². The standard InChI is InChI=1S/C18H21Cl2NO/c1-3-9-22-18-15(19)10-13(11-16(18)20)12-21-17-8-6-5-7-14(17)4-2/h5-8,10-11,21H,3-4,9,12H2,1-2H3. The summed E-state index contributed by atoms with van der Waals surface area (Å²) in [6.45, 7) is 5.48. The molecule has 22 heavy (non-hydrogen) atoms. The molecule has 0 bridgehead atoms. The van der Waals surface area contributed by atoms with Crippen LogP contribution in [0.5, 0.6) is 5.75 Å². The van der Waals surface area contributed by atoms with Crippen LogP contribution in [0.15, 0.2) is 36.4 Å². The summed E-state index contributed by atoms with van der Waals surface area (Å²) in [6.07, 6.45) is 1.91. The first kappa shape index (κ1) is 17.0. The molecule has 0 saturated carbocycles. The number of nitrogens with one attached hydrogen (secondary N) is 1. The van der Waals surface area contributed by atoms with Gasteiger partial charge in [0.1, 0.15) is 0 Å². The molecule has 0 fully saturated rings. The average molecular weight is 338 g/mol. The molecule has 1 N–H and O–H groups in total. The lowest BCUT2D eigenvalue weighted by Gasteiger charge is -2.13. The number of anilines is 1. The molecule has 0 aliphatic rings. The van der Waals surface area contributed by atoms with Crippen molar-refractivity contribution in [2.45, 2.75) is 33.2 Å². The van der Waals surface area contributed by atoms with Gasteiger partial charge in [-0.25, -0.2) is 0 Å². The van der Waals surface area contributed by atoms with Gasteiger partial charge in [-0.2, -0.15) is 0 Å². The molecule has 0 heterocycles. The Balaban J connectivity index is 2.10. The van der Waals surface area contributed by atoms with Crippen LogP contribution in [0.1, 0.15) is 31.4 Å². The van der Waals surface area contributed by atoms with E-state index in [0.717, 1.165) is 24.1 Å². The first-order valence-electron chi connectivity index (χ1n) is 7.58. The molecule has 118 valence electrons. The van der Waals surface area contributed by atoms with Crippen LogP contribution < -0.4 is 10.1 Å². The molecule has 2 aromatic rings. The van der Waals surface area contributed by atoms with E-state index >= 15 is 0 Å². The molecule has 0 saturated heterocycles. The number of para-hydroxylation sites is 1. The number of hydrogen-bond acceptors (Lipinski definition) is 2. The second-order valence-corrected chi connectivity index (χ2v) is 5.92. The van der Waals surface area contributed by atoms with E-state index in [0.29, 0.717) is 28.9 Å². The van der Waals surface area contributed by atoms with E-state index in [1.807, 2.05) is 25.1 Å². The molecule has 0 amide bonds. The first-order valence-corrected chi connectivity index (χ1v) is 8.33. The summed E-state index contributed by atoms with van der Waals surface area (Å²) in [5, 5.41) is 4.55. The van der Waals surface area contributed by atoms with E-state index in [9.17, 15) is 0 Å². The average Bonchev–Trinajstić information content (AvgIpc) is 2.52. The Hall–Kier alpha value is -1.38. The Morgan fingerprint density at radius 1 is 1.05 bits per heavy atom. The molecule has 0 radical (unpaired) electrons. The molecule has 0 aliphatic heterocycles. The van der Waals surface area contributed by atoms with Crippen molar-refractivity contribution in [2.75, 3.05) is 11.9 Å². The van der Waals surface area contributed by atoms with Gasteiger partial charge in [0.15, 0.2) is 5.75 Å². The van der Waals surface area contributed by atoms with Crippen LogP contribution in [0.4, 0.5) is 5.69 Å². The summed E-state index contributed by atoms with van der Waals surface area (Å²) >= 11 is 12.5. The van der Waals surface area contributed by atoms with Crippen LogP contribution in [0.25, 0.3) is 0 Å². The summed E-state index contributed by atoms with van der Waals surface area (Å²) in [5.74, 6) is 0.572. The van der Waals surface area contributed by atoms with Crippen LogP contribution in [-0.2, 0) is 13.0 Å². The highest BCUT2D eigenvalue weighted by Gasteiger charge is 2.10. The van der Waals surface area contributed by atoms with E-state index in [1.54, 1.807) is 0 Å². The maximum atomic E-state index is 6.27. The molecular formula is C18H21Cl2NO. The van der Waals surface area contributed by atoms with Gasteiger partial charge in [0.05, 0.1) is 16.7 Å². The highest BCUT2D eigenvalue weighted by Crippen LogP contribution is 2.34. The quantitative estimate of drug-likeness (QED) is 0.673. The summed E-state index contributed by atoms with van der Waals surface area (Å²) in [5.41, 5.74) is 3.47. The number of benzene rings is 2. The molecule has 4 heteroatoms. The minimum atomic E-state index is 0.557.